The molecule has 2 N–H and O–H groups in total. The minimum absolute atomic E-state index is 0.0613. The maximum Gasteiger partial charge on any atom is 0.333 e. The highest BCUT2D eigenvalue weighted by Gasteiger charge is 2.35. The zero-order chi connectivity index (χ0) is 25.5. The monoisotopic (exact) mass is 497 g/mol. The lowest BCUT2D eigenvalue weighted by atomic mass is 9.86. The van der Waals surface area contributed by atoms with Gasteiger partial charge in [0.1, 0.15) is 6.61 Å². The van der Waals surface area contributed by atoms with Crippen LogP contribution >= 0.6 is 0 Å². The first kappa shape index (κ1) is 26.5. The number of fused-ring (bicyclic) bond motifs is 1. The highest BCUT2D eigenvalue weighted by Crippen LogP contribution is 2.40. The van der Waals surface area contributed by atoms with E-state index in [1.54, 1.807) is 0 Å². The number of hydrogen-bond acceptors (Lipinski definition) is 6. The smallest absolute Gasteiger partial charge is 0.333 e. The van der Waals surface area contributed by atoms with Crippen molar-refractivity contribution in [1.82, 2.24) is 4.90 Å². The molecule has 0 bridgehead atoms. The number of aliphatic hydroxyl groups is 1. The molecule has 0 radical (unpaired) electrons. The average Bonchev–Trinajstić information content (AvgIpc) is 2.88. The maximum absolute atomic E-state index is 11.5. The van der Waals surface area contributed by atoms with E-state index in [4.69, 9.17) is 14.2 Å². The zero-order valence-corrected chi connectivity index (χ0v) is 21.4. The van der Waals surface area contributed by atoms with Gasteiger partial charge in [0.05, 0.1) is 6.10 Å². The summed E-state index contributed by atoms with van der Waals surface area (Å²) in [6.45, 7) is 7.04. The first-order valence-corrected chi connectivity index (χ1v) is 13.3. The molecule has 1 aliphatic carbocycles. The van der Waals surface area contributed by atoms with E-state index in [-0.39, 0.29) is 12.8 Å². The van der Waals surface area contributed by atoms with Gasteiger partial charge in [-0.2, -0.15) is 0 Å². The van der Waals surface area contributed by atoms with E-state index in [0.29, 0.717) is 24.1 Å². The number of carboxylic acids is 1. The van der Waals surface area contributed by atoms with Crippen LogP contribution in [-0.4, -0.2) is 58.7 Å². The fraction of sp³-hybridized carbons (Fsp3) is 0.552. The first-order valence-electron chi connectivity index (χ1n) is 13.3. The van der Waals surface area contributed by atoms with Gasteiger partial charge in [-0.25, -0.2) is 4.79 Å². The Morgan fingerprint density at radius 2 is 1.83 bits per heavy atom. The Morgan fingerprint density at radius 1 is 1.08 bits per heavy atom. The van der Waals surface area contributed by atoms with E-state index in [1.165, 1.54) is 5.56 Å². The van der Waals surface area contributed by atoms with Crippen LogP contribution in [0.15, 0.2) is 42.5 Å². The molecule has 4 atom stereocenters. The number of aliphatic carboxylic acids is 1. The molecule has 1 saturated heterocycles. The first-order chi connectivity index (χ1) is 17.5. The molecule has 7 heteroatoms. The molecule has 0 spiro atoms. The van der Waals surface area contributed by atoms with Gasteiger partial charge in [-0.05, 0) is 62.4 Å². The van der Waals surface area contributed by atoms with Crippen LogP contribution in [0.5, 0.6) is 11.5 Å². The number of benzene rings is 2. The molecule has 196 valence electrons. The van der Waals surface area contributed by atoms with Gasteiger partial charge < -0.3 is 29.3 Å². The summed E-state index contributed by atoms with van der Waals surface area (Å²) in [5, 5.41) is 19.7. The minimum Gasteiger partial charge on any atom is -0.485 e. The second-order valence-corrected chi connectivity index (χ2v) is 9.87. The zero-order valence-electron chi connectivity index (χ0n) is 21.4. The topological polar surface area (TPSA) is 88.5 Å². The predicted octanol–water partition coefficient (Wildman–Crippen LogP) is 4.57. The summed E-state index contributed by atoms with van der Waals surface area (Å²) in [7, 11) is 0. The largest absolute Gasteiger partial charge is 0.485 e. The highest BCUT2D eigenvalue weighted by atomic mass is 16.7. The van der Waals surface area contributed by atoms with Crippen molar-refractivity contribution in [3.63, 3.8) is 0 Å². The summed E-state index contributed by atoms with van der Waals surface area (Å²) in [6, 6.07) is 14.5. The fourth-order valence-corrected chi connectivity index (χ4v) is 5.35. The Kier molecular flexibility index (Phi) is 9.24. The molecule has 2 aromatic carbocycles. The van der Waals surface area contributed by atoms with Crippen molar-refractivity contribution >= 4 is 5.97 Å². The fourth-order valence-electron chi connectivity index (χ4n) is 5.35. The molecule has 1 aliphatic heterocycles. The van der Waals surface area contributed by atoms with Crippen molar-refractivity contribution in [3.05, 3.63) is 59.2 Å². The molecule has 1 heterocycles. The SMILES string of the molecule is CCCN(CCC)[C@H]1CCc2c(ccc(OCc3ccccc3)c2O[C@H]2C[C@@H](O)C[C@@H](C(=O)O)O2)C1. The lowest BCUT2D eigenvalue weighted by Crippen LogP contribution is -2.43. The van der Waals surface area contributed by atoms with Gasteiger partial charge in [0, 0.05) is 24.4 Å². The lowest BCUT2D eigenvalue weighted by Gasteiger charge is -2.37. The van der Waals surface area contributed by atoms with Gasteiger partial charge in [-0.15, -0.1) is 0 Å². The number of nitrogens with zero attached hydrogens (tertiary/aromatic N) is 1. The summed E-state index contributed by atoms with van der Waals surface area (Å²) in [6.07, 6.45) is 2.63. The van der Waals surface area contributed by atoms with Crippen LogP contribution in [0, 0.1) is 0 Å². The lowest BCUT2D eigenvalue weighted by molar-refractivity contribution is -0.195. The number of carboxylic acid groups (broad SMARTS) is 1. The normalized spacial score (nSPS) is 23.8. The predicted molar refractivity (Wildman–Crippen MR) is 137 cm³/mol. The Morgan fingerprint density at radius 3 is 2.53 bits per heavy atom. The van der Waals surface area contributed by atoms with Crippen LogP contribution in [0.3, 0.4) is 0 Å². The summed E-state index contributed by atoms with van der Waals surface area (Å²) < 4.78 is 18.3. The molecule has 4 rings (SSSR count). The summed E-state index contributed by atoms with van der Waals surface area (Å²) in [5.74, 6) is 0.140. The number of carbonyl (C=O) groups is 1. The minimum atomic E-state index is -1.09. The van der Waals surface area contributed by atoms with E-state index in [0.717, 1.165) is 56.3 Å². The van der Waals surface area contributed by atoms with E-state index in [1.807, 2.05) is 36.4 Å². The molecule has 2 aromatic rings. The van der Waals surface area contributed by atoms with Gasteiger partial charge in [0.2, 0.25) is 6.29 Å². The number of aliphatic hydroxyl groups excluding tert-OH is 1. The number of ether oxygens (including phenoxy) is 3. The van der Waals surface area contributed by atoms with Crippen LogP contribution in [0.4, 0.5) is 0 Å². The van der Waals surface area contributed by atoms with Crippen molar-refractivity contribution in [2.75, 3.05) is 13.1 Å². The van der Waals surface area contributed by atoms with Crippen LogP contribution in [-0.2, 0) is 29.0 Å². The molecule has 0 unspecified atom stereocenters. The van der Waals surface area contributed by atoms with Crippen molar-refractivity contribution in [1.29, 1.82) is 0 Å². The summed E-state index contributed by atoms with van der Waals surface area (Å²) in [4.78, 5) is 14.1. The van der Waals surface area contributed by atoms with Crippen molar-refractivity contribution < 1.29 is 29.2 Å². The second kappa shape index (κ2) is 12.6. The number of hydrogen-bond donors (Lipinski definition) is 2. The third-order valence-corrected chi connectivity index (χ3v) is 7.07. The number of rotatable bonds is 11. The van der Waals surface area contributed by atoms with Gasteiger partial charge in [-0.1, -0.05) is 50.2 Å². The maximum atomic E-state index is 11.5. The van der Waals surface area contributed by atoms with Gasteiger partial charge >= 0.3 is 5.97 Å². The second-order valence-electron chi connectivity index (χ2n) is 9.87. The van der Waals surface area contributed by atoms with Crippen molar-refractivity contribution in [3.8, 4) is 11.5 Å². The molecule has 7 nitrogen and oxygen atoms in total. The molecular weight excluding hydrogens is 458 g/mol. The molecule has 0 aromatic heterocycles. The van der Waals surface area contributed by atoms with Gasteiger partial charge in [-0.3, -0.25) is 0 Å². The van der Waals surface area contributed by atoms with Gasteiger partial charge in [0.15, 0.2) is 17.6 Å². The Balaban J connectivity index is 1.60. The van der Waals surface area contributed by atoms with E-state index >= 15 is 0 Å². The third kappa shape index (κ3) is 6.58. The summed E-state index contributed by atoms with van der Waals surface area (Å²) >= 11 is 0. The molecule has 1 fully saturated rings. The van der Waals surface area contributed by atoms with Crippen molar-refractivity contribution in [2.45, 2.75) is 89.9 Å². The van der Waals surface area contributed by atoms with E-state index < -0.39 is 24.5 Å². The quantitative estimate of drug-likeness (QED) is 0.470. The van der Waals surface area contributed by atoms with Crippen LogP contribution in [0.2, 0.25) is 0 Å². The average molecular weight is 498 g/mol. The third-order valence-electron chi connectivity index (χ3n) is 7.07. The Labute approximate surface area is 214 Å². The van der Waals surface area contributed by atoms with E-state index in [2.05, 4.69) is 24.8 Å². The Hall–Kier alpha value is -2.61. The molecule has 36 heavy (non-hydrogen) atoms. The van der Waals surface area contributed by atoms with Crippen molar-refractivity contribution in [2.24, 2.45) is 0 Å². The molecular formula is C29H39NO6. The molecule has 0 saturated carbocycles. The highest BCUT2D eigenvalue weighted by molar-refractivity contribution is 5.72. The van der Waals surface area contributed by atoms with Crippen LogP contribution in [0.1, 0.15) is 62.6 Å². The summed E-state index contributed by atoms with van der Waals surface area (Å²) in [5.41, 5.74) is 3.38. The van der Waals surface area contributed by atoms with Gasteiger partial charge in [0.25, 0.3) is 0 Å². The standard InChI is InChI=1S/C29H39NO6/c1-3-14-30(15-4-2)22-11-12-24-21(16-22)10-13-25(34-19-20-8-6-5-7-9-20)28(24)36-27-18-23(31)17-26(35-27)29(32)33/h5-10,13,22-23,26-27,31H,3-4,11-12,14-19H2,1-2H3,(H,32,33)/t22-,23-,26-,27-/m0/s1. The molecule has 2 aliphatic rings. The van der Waals surface area contributed by atoms with Crippen LogP contribution in [0.25, 0.3) is 0 Å². The molecule has 0 amide bonds. The van der Waals surface area contributed by atoms with E-state index in [9.17, 15) is 15.0 Å². The van der Waals surface area contributed by atoms with Crippen LogP contribution < -0.4 is 9.47 Å². The Bertz CT molecular complexity index is 991.